The Hall–Kier alpha value is -2.80. The van der Waals surface area contributed by atoms with Gasteiger partial charge in [0, 0.05) is 31.7 Å². The van der Waals surface area contributed by atoms with Crippen LogP contribution in [0.1, 0.15) is 5.56 Å². The zero-order valence-corrected chi connectivity index (χ0v) is 16.1. The number of nitrogens with one attached hydrogen (secondary N) is 1. The molecule has 1 aromatic carbocycles. The summed E-state index contributed by atoms with van der Waals surface area (Å²) in [4.78, 5) is 21.5. The Bertz CT molecular complexity index is 771. The molecule has 0 unspecified atom stereocenters. The molecule has 1 N–H and O–H groups in total. The number of carbonyl (C=O) groups excluding carboxylic acids is 1. The summed E-state index contributed by atoms with van der Waals surface area (Å²) in [5.74, 6) is 2.16. The first-order valence-corrected chi connectivity index (χ1v) is 8.99. The molecule has 0 atom stereocenters. The molecule has 1 fully saturated rings. The zero-order valence-electron chi connectivity index (χ0n) is 16.1. The fourth-order valence-electron chi connectivity index (χ4n) is 3.08. The second-order valence-electron chi connectivity index (χ2n) is 6.60. The number of hydrogen-bond acceptors (Lipinski definition) is 6. The van der Waals surface area contributed by atoms with Crippen LogP contribution >= 0.6 is 0 Å². The van der Waals surface area contributed by atoms with Gasteiger partial charge in [0.25, 0.3) is 0 Å². The summed E-state index contributed by atoms with van der Waals surface area (Å²) in [5, 5.41) is 2.89. The molecule has 7 nitrogen and oxygen atoms in total. The van der Waals surface area contributed by atoms with Gasteiger partial charge in [0.1, 0.15) is 17.3 Å². The molecule has 144 valence electrons. The number of piperazine rings is 1. The van der Waals surface area contributed by atoms with Gasteiger partial charge < -0.3 is 24.6 Å². The lowest BCUT2D eigenvalue weighted by Gasteiger charge is -2.33. The predicted octanol–water partition coefficient (Wildman–Crippen LogP) is 2.03. The van der Waals surface area contributed by atoms with E-state index >= 15 is 0 Å². The molecule has 27 heavy (non-hydrogen) atoms. The Morgan fingerprint density at radius 2 is 1.89 bits per heavy atom. The lowest BCUT2D eigenvalue weighted by atomic mass is 10.1. The molecule has 3 rings (SSSR count). The van der Waals surface area contributed by atoms with Gasteiger partial charge in [0.2, 0.25) is 5.91 Å². The standard InChI is InChI=1S/C20H26N4O3/c1-23-8-10-24(11-9-23)19-7-4-16(14-21-19)22-20(25)13-15-12-17(26-2)5-6-18(15)27-3/h4-7,12,14H,8-11,13H2,1-3H3,(H,22,25). The number of amides is 1. The van der Waals surface area contributed by atoms with Gasteiger partial charge in [-0.15, -0.1) is 0 Å². The molecule has 1 saturated heterocycles. The smallest absolute Gasteiger partial charge is 0.228 e. The van der Waals surface area contributed by atoms with Crippen molar-refractivity contribution in [3.63, 3.8) is 0 Å². The molecule has 2 aromatic rings. The number of methoxy groups -OCH3 is 2. The molecule has 0 radical (unpaired) electrons. The molecular weight excluding hydrogens is 344 g/mol. The lowest BCUT2D eigenvalue weighted by Crippen LogP contribution is -2.44. The Morgan fingerprint density at radius 1 is 1.11 bits per heavy atom. The number of pyridine rings is 1. The van der Waals surface area contributed by atoms with Gasteiger partial charge in [-0.3, -0.25) is 4.79 Å². The van der Waals surface area contributed by atoms with Crippen LogP contribution in [0.3, 0.4) is 0 Å². The van der Waals surface area contributed by atoms with Crippen molar-refractivity contribution in [2.24, 2.45) is 0 Å². The molecule has 1 amide bonds. The third-order valence-corrected chi connectivity index (χ3v) is 4.70. The number of likely N-dealkylation sites (N-methyl/N-ethyl adjacent to an activating group) is 1. The van der Waals surface area contributed by atoms with Crippen LogP contribution < -0.4 is 19.7 Å². The largest absolute Gasteiger partial charge is 0.497 e. The highest BCUT2D eigenvalue weighted by Crippen LogP contribution is 2.25. The normalized spacial score (nSPS) is 14.7. The maximum absolute atomic E-state index is 12.4. The first-order valence-electron chi connectivity index (χ1n) is 8.99. The average Bonchev–Trinajstić information content (AvgIpc) is 2.69. The molecule has 0 saturated carbocycles. The van der Waals surface area contributed by atoms with Crippen LogP contribution in [0.5, 0.6) is 11.5 Å². The number of benzene rings is 1. The molecule has 1 aliphatic heterocycles. The summed E-state index contributed by atoms with van der Waals surface area (Å²) < 4.78 is 10.6. The number of hydrogen-bond donors (Lipinski definition) is 1. The second-order valence-corrected chi connectivity index (χ2v) is 6.60. The minimum atomic E-state index is -0.129. The van der Waals surface area contributed by atoms with Crippen LogP contribution in [0, 0.1) is 0 Å². The van der Waals surface area contributed by atoms with Crippen LogP contribution in [0.25, 0.3) is 0 Å². The van der Waals surface area contributed by atoms with Crippen molar-refractivity contribution in [3.05, 3.63) is 42.1 Å². The summed E-state index contributed by atoms with van der Waals surface area (Å²) in [6.07, 6.45) is 1.90. The maximum atomic E-state index is 12.4. The average molecular weight is 370 g/mol. The molecule has 0 aliphatic carbocycles. The quantitative estimate of drug-likeness (QED) is 0.839. The minimum absolute atomic E-state index is 0.129. The number of rotatable bonds is 6. The summed E-state index contributed by atoms with van der Waals surface area (Å²) in [6.45, 7) is 3.99. The fraction of sp³-hybridized carbons (Fsp3) is 0.400. The summed E-state index contributed by atoms with van der Waals surface area (Å²) >= 11 is 0. The molecule has 0 spiro atoms. The highest BCUT2D eigenvalue weighted by atomic mass is 16.5. The van der Waals surface area contributed by atoms with Gasteiger partial charge in [0.15, 0.2) is 0 Å². The van der Waals surface area contributed by atoms with E-state index in [1.165, 1.54) is 0 Å². The third kappa shape index (κ3) is 4.89. The maximum Gasteiger partial charge on any atom is 0.228 e. The highest BCUT2D eigenvalue weighted by Gasteiger charge is 2.15. The molecule has 2 heterocycles. The van der Waals surface area contributed by atoms with Crippen molar-refractivity contribution in [2.45, 2.75) is 6.42 Å². The number of aromatic nitrogens is 1. The van der Waals surface area contributed by atoms with Gasteiger partial charge in [-0.2, -0.15) is 0 Å². The van der Waals surface area contributed by atoms with Gasteiger partial charge in [-0.1, -0.05) is 0 Å². The molecule has 1 aliphatic rings. The van der Waals surface area contributed by atoms with E-state index in [4.69, 9.17) is 9.47 Å². The Balaban J connectivity index is 1.61. The SMILES string of the molecule is COc1ccc(OC)c(CC(=O)Nc2ccc(N3CCN(C)CC3)nc2)c1. The zero-order chi connectivity index (χ0) is 19.2. The number of carbonyl (C=O) groups is 1. The first kappa shape index (κ1) is 19.0. The van der Waals surface area contributed by atoms with Gasteiger partial charge in [-0.25, -0.2) is 4.98 Å². The summed E-state index contributed by atoms with van der Waals surface area (Å²) in [7, 11) is 5.31. The van der Waals surface area contributed by atoms with Crippen molar-refractivity contribution in [1.29, 1.82) is 0 Å². The van der Waals surface area contributed by atoms with E-state index in [9.17, 15) is 4.79 Å². The van der Waals surface area contributed by atoms with E-state index in [0.717, 1.165) is 37.6 Å². The second kappa shape index (κ2) is 8.73. The van der Waals surface area contributed by atoms with Crippen LogP contribution in [-0.2, 0) is 11.2 Å². The van der Waals surface area contributed by atoms with Gasteiger partial charge in [0.05, 0.1) is 32.5 Å². The number of nitrogens with zero attached hydrogens (tertiary/aromatic N) is 3. The van der Waals surface area contributed by atoms with Crippen LogP contribution in [0.4, 0.5) is 11.5 Å². The van der Waals surface area contributed by atoms with Crippen molar-refractivity contribution < 1.29 is 14.3 Å². The lowest BCUT2D eigenvalue weighted by molar-refractivity contribution is -0.115. The van der Waals surface area contributed by atoms with E-state index < -0.39 is 0 Å². The molecule has 0 bridgehead atoms. The highest BCUT2D eigenvalue weighted by molar-refractivity contribution is 5.92. The van der Waals surface area contributed by atoms with E-state index in [0.29, 0.717) is 17.2 Å². The van der Waals surface area contributed by atoms with Crippen LogP contribution in [-0.4, -0.2) is 63.2 Å². The minimum Gasteiger partial charge on any atom is -0.497 e. The summed E-state index contributed by atoms with van der Waals surface area (Å²) in [6, 6.07) is 9.26. The van der Waals surface area contributed by atoms with Crippen molar-refractivity contribution in [1.82, 2.24) is 9.88 Å². The van der Waals surface area contributed by atoms with E-state index in [-0.39, 0.29) is 12.3 Å². The van der Waals surface area contributed by atoms with E-state index in [2.05, 4.69) is 27.1 Å². The number of ether oxygens (including phenoxy) is 2. The molecule has 1 aromatic heterocycles. The Labute approximate surface area is 159 Å². The van der Waals surface area contributed by atoms with Crippen molar-refractivity contribution in [2.75, 3.05) is 57.7 Å². The monoisotopic (exact) mass is 370 g/mol. The van der Waals surface area contributed by atoms with Crippen LogP contribution in [0.15, 0.2) is 36.5 Å². The van der Waals surface area contributed by atoms with Crippen LogP contribution in [0.2, 0.25) is 0 Å². The van der Waals surface area contributed by atoms with Crippen molar-refractivity contribution in [3.8, 4) is 11.5 Å². The van der Waals surface area contributed by atoms with E-state index in [1.807, 2.05) is 18.2 Å². The molecular formula is C20H26N4O3. The third-order valence-electron chi connectivity index (χ3n) is 4.70. The fourth-order valence-corrected chi connectivity index (χ4v) is 3.08. The first-order chi connectivity index (χ1) is 13.1. The summed E-state index contributed by atoms with van der Waals surface area (Å²) in [5.41, 5.74) is 1.45. The van der Waals surface area contributed by atoms with Gasteiger partial charge >= 0.3 is 0 Å². The van der Waals surface area contributed by atoms with Gasteiger partial charge in [-0.05, 0) is 37.4 Å². The Morgan fingerprint density at radius 3 is 2.52 bits per heavy atom. The number of anilines is 2. The predicted molar refractivity (Wildman–Crippen MR) is 106 cm³/mol. The topological polar surface area (TPSA) is 66.9 Å². The molecule has 7 heteroatoms. The van der Waals surface area contributed by atoms with E-state index in [1.54, 1.807) is 32.5 Å². The van der Waals surface area contributed by atoms with Crippen molar-refractivity contribution >= 4 is 17.4 Å². The Kier molecular flexibility index (Phi) is 6.13.